The highest BCUT2D eigenvalue weighted by Crippen LogP contribution is 2.24. The highest BCUT2D eigenvalue weighted by molar-refractivity contribution is 9.10. The first-order valence-corrected chi connectivity index (χ1v) is 7.80. The summed E-state index contributed by atoms with van der Waals surface area (Å²) in [5, 5.41) is 2.79. The Morgan fingerprint density at radius 3 is 2.68 bits per heavy atom. The van der Waals surface area contributed by atoms with Gasteiger partial charge in [-0.05, 0) is 49.7 Å². The zero-order valence-corrected chi connectivity index (χ0v) is 14.1. The van der Waals surface area contributed by atoms with Crippen molar-refractivity contribution in [2.45, 2.75) is 13.8 Å². The molecule has 22 heavy (non-hydrogen) atoms. The number of benzene rings is 2. The largest absolute Gasteiger partial charge is 0.492 e. The topological polar surface area (TPSA) is 47.6 Å². The van der Waals surface area contributed by atoms with E-state index >= 15 is 0 Å². The lowest BCUT2D eigenvalue weighted by Crippen LogP contribution is -2.20. The van der Waals surface area contributed by atoms with Gasteiger partial charge in [0.1, 0.15) is 11.5 Å². The molecule has 0 aromatic heterocycles. The van der Waals surface area contributed by atoms with Crippen LogP contribution in [0.1, 0.15) is 12.5 Å². The average Bonchev–Trinajstić information content (AvgIpc) is 2.51. The minimum Gasteiger partial charge on any atom is -0.492 e. The molecule has 4 nitrogen and oxygen atoms in total. The van der Waals surface area contributed by atoms with Gasteiger partial charge in [0.15, 0.2) is 6.61 Å². The van der Waals surface area contributed by atoms with Crippen LogP contribution in [0, 0.1) is 6.92 Å². The van der Waals surface area contributed by atoms with E-state index in [0.29, 0.717) is 23.8 Å². The lowest BCUT2D eigenvalue weighted by molar-refractivity contribution is -0.118. The molecular weight excluding hydrogens is 346 g/mol. The van der Waals surface area contributed by atoms with Crippen LogP contribution < -0.4 is 14.8 Å². The summed E-state index contributed by atoms with van der Waals surface area (Å²) in [5.41, 5.74) is 1.70. The third-order valence-corrected chi connectivity index (χ3v) is 3.85. The number of rotatable bonds is 6. The minimum absolute atomic E-state index is 0.0540. The van der Waals surface area contributed by atoms with Crippen molar-refractivity contribution in [1.29, 1.82) is 0 Å². The van der Waals surface area contributed by atoms with Crippen LogP contribution in [0.2, 0.25) is 0 Å². The number of carbonyl (C=O) groups excluding carboxylic acids is 1. The Bertz CT molecular complexity index is 658. The summed E-state index contributed by atoms with van der Waals surface area (Å²) in [4.78, 5) is 12.0. The second kappa shape index (κ2) is 7.84. The molecule has 1 amide bonds. The molecule has 0 spiro atoms. The van der Waals surface area contributed by atoms with Gasteiger partial charge in [0.25, 0.3) is 5.91 Å². The third kappa shape index (κ3) is 4.49. The number of hydrogen-bond donors (Lipinski definition) is 1. The fourth-order valence-corrected chi connectivity index (χ4v) is 2.14. The molecule has 2 rings (SSSR count). The molecule has 116 valence electrons. The predicted octanol–water partition coefficient (Wildman–Crippen LogP) is 4.17. The van der Waals surface area contributed by atoms with E-state index in [-0.39, 0.29) is 12.5 Å². The number of ether oxygens (including phenoxy) is 2. The molecule has 0 aliphatic rings. The van der Waals surface area contributed by atoms with Crippen LogP contribution >= 0.6 is 15.9 Å². The van der Waals surface area contributed by atoms with E-state index in [4.69, 9.17) is 9.47 Å². The third-order valence-electron chi connectivity index (χ3n) is 2.96. The maximum atomic E-state index is 12.0. The Balaban J connectivity index is 1.94. The van der Waals surface area contributed by atoms with Crippen molar-refractivity contribution in [3.05, 3.63) is 52.5 Å². The minimum atomic E-state index is -0.229. The van der Waals surface area contributed by atoms with Crippen LogP contribution in [-0.2, 0) is 4.79 Å². The Morgan fingerprint density at radius 1 is 1.18 bits per heavy atom. The van der Waals surface area contributed by atoms with Gasteiger partial charge in [-0.2, -0.15) is 0 Å². The first kappa shape index (κ1) is 16.4. The van der Waals surface area contributed by atoms with Crippen LogP contribution in [0.25, 0.3) is 0 Å². The number of anilines is 1. The molecule has 0 aliphatic heterocycles. The Hall–Kier alpha value is -2.01. The fourth-order valence-electron chi connectivity index (χ4n) is 1.89. The first-order chi connectivity index (χ1) is 10.6. The fraction of sp³-hybridized carbons (Fsp3) is 0.235. The van der Waals surface area contributed by atoms with E-state index in [2.05, 4.69) is 21.2 Å². The van der Waals surface area contributed by atoms with Gasteiger partial charge >= 0.3 is 0 Å². The molecule has 0 fully saturated rings. The van der Waals surface area contributed by atoms with E-state index in [1.54, 1.807) is 6.07 Å². The zero-order chi connectivity index (χ0) is 15.9. The summed E-state index contributed by atoms with van der Waals surface area (Å²) in [6, 6.07) is 12.9. The molecule has 0 aliphatic carbocycles. The molecule has 0 atom stereocenters. The molecule has 0 unspecified atom stereocenters. The van der Waals surface area contributed by atoms with Gasteiger partial charge in [-0.25, -0.2) is 0 Å². The van der Waals surface area contributed by atoms with E-state index in [1.165, 1.54) is 0 Å². The van der Waals surface area contributed by atoms with E-state index < -0.39 is 0 Å². The summed E-state index contributed by atoms with van der Waals surface area (Å²) in [7, 11) is 0. The molecule has 2 aromatic rings. The Kier molecular flexibility index (Phi) is 5.83. The predicted molar refractivity (Wildman–Crippen MR) is 90.6 cm³/mol. The molecule has 0 heterocycles. The summed E-state index contributed by atoms with van der Waals surface area (Å²) >= 11 is 3.43. The average molecular weight is 364 g/mol. The number of amides is 1. The molecule has 0 bridgehead atoms. The van der Waals surface area contributed by atoms with Crippen molar-refractivity contribution in [1.82, 2.24) is 0 Å². The smallest absolute Gasteiger partial charge is 0.262 e. The second-order valence-corrected chi connectivity index (χ2v) is 5.53. The number of para-hydroxylation sites is 2. The molecular formula is C17H18BrNO3. The van der Waals surface area contributed by atoms with Crippen molar-refractivity contribution < 1.29 is 14.3 Å². The quantitative estimate of drug-likeness (QED) is 0.837. The Morgan fingerprint density at radius 2 is 1.95 bits per heavy atom. The van der Waals surface area contributed by atoms with Crippen LogP contribution in [-0.4, -0.2) is 19.1 Å². The zero-order valence-electron chi connectivity index (χ0n) is 12.6. The SMILES string of the molecule is CCOc1ccccc1NC(=O)COc1ccc(Br)c(C)c1. The number of nitrogens with one attached hydrogen (secondary N) is 1. The van der Waals surface area contributed by atoms with Gasteiger partial charge in [-0.3, -0.25) is 4.79 Å². The van der Waals surface area contributed by atoms with Crippen LogP contribution in [0.4, 0.5) is 5.69 Å². The van der Waals surface area contributed by atoms with Crippen molar-refractivity contribution in [3.8, 4) is 11.5 Å². The lowest BCUT2D eigenvalue weighted by Gasteiger charge is -2.12. The Labute approximate surface area is 138 Å². The molecule has 1 N–H and O–H groups in total. The summed E-state index contributed by atoms with van der Waals surface area (Å²) in [6.07, 6.45) is 0. The van der Waals surface area contributed by atoms with Crippen LogP contribution in [0.15, 0.2) is 46.9 Å². The molecule has 2 aromatic carbocycles. The van der Waals surface area contributed by atoms with Gasteiger partial charge in [0.05, 0.1) is 12.3 Å². The number of aryl methyl sites for hydroxylation is 1. The summed E-state index contributed by atoms with van der Waals surface area (Å²) < 4.78 is 12.0. The molecule has 5 heteroatoms. The number of halogens is 1. The van der Waals surface area contributed by atoms with Crippen LogP contribution in [0.5, 0.6) is 11.5 Å². The standard InChI is InChI=1S/C17H18BrNO3/c1-3-21-16-7-5-4-6-15(16)19-17(20)11-22-13-8-9-14(18)12(2)10-13/h4-10H,3,11H2,1-2H3,(H,19,20). The molecule has 0 radical (unpaired) electrons. The van der Waals surface area contributed by atoms with Gasteiger partial charge in [-0.1, -0.05) is 28.1 Å². The number of carbonyl (C=O) groups is 1. The monoisotopic (exact) mass is 363 g/mol. The maximum absolute atomic E-state index is 12.0. The molecule has 0 saturated heterocycles. The highest BCUT2D eigenvalue weighted by Gasteiger charge is 2.08. The second-order valence-electron chi connectivity index (χ2n) is 4.68. The summed E-state index contributed by atoms with van der Waals surface area (Å²) in [5.74, 6) is 1.08. The lowest BCUT2D eigenvalue weighted by atomic mass is 10.2. The van der Waals surface area contributed by atoms with Gasteiger partial charge < -0.3 is 14.8 Å². The van der Waals surface area contributed by atoms with Gasteiger partial charge in [0.2, 0.25) is 0 Å². The van der Waals surface area contributed by atoms with Crippen molar-refractivity contribution in [2.75, 3.05) is 18.5 Å². The number of hydrogen-bond acceptors (Lipinski definition) is 3. The van der Waals surface area contributed by atoms with E-state index in [9.17, 15) is 4.79 Å². The van der Waals surface area contributed by atoms with E-state index in [0.717, 1.165) is 10.0 Å². The first-order valence-electron chi connectivity index (χ1n) is 7.00. The van der Waals surface area contributed by atoms with E-state index in [1.807, 2.05) is 50.2 Å². The normalized spacial score (nSPS) is 10.1. The van der Waals surface area contributed by atoms with Crippen molar-refractivity contribution >= 4 is 27.5 Å². The van der Waals surface area contributed by atoms with Crippen molar-refractivity contribution in [3.63, 3.8) is 0 Å². The van der Waals surface area contributed by atoms with Crippen LogP contribution in [0.3, 0.4) is 0 Å². The van der Waals surface area contributed by atoms with Gasteiger partial charge in [0, 0.05) is 4.47 Å². The van der Waals surface area contributed by atoms with Gasteiger partial charge in [-0.15, -0.1) is 0 Å². The highest BCUT2D eigenvalue weighted by atomic mass is 79.9. The molecule has 0 saturated carbocycles. The summed E-state index contributed by atoms with van der Waals surface area (Å²) in [6.45, 7) is 4.36. The maximum Gasteiger partial charge on any atom is 0.262 e. The van der Waals surface area contributed by atoms with Crippen molar-refractivity contribution in [2.24, 2.45) is 0 Å².